The largest absolute Gasteiger partial charge is 0.467 e. The van der Waals surface area contributed by atoms with Crippen LogP contribution in [-0.2, 0) is 20.7 Å². The van der Waals surface area contributed by atoms with Gasteiger partial charge in [-0.1, -0.05) is 48.0 Å². The molecule has 3 N–H and O–H groups in total. The zero-order chi connectivity index (χ0) is 25.9. The van der Waals surface area contributed by atoms with E-state index in [1.165, 1.54) is 7.11 Å². The predicted molar refractivity (Wildman–Crippen MR) is 134 cm³/mol. The average molecular weight is 495 g/mol. The molecule has 2 amide bonds. The van der Waals surface area contributed by atoms with Crippen LogP contribution in [-0.4, -0.2) is 40.4 Å². The Morgan fingerprint density at radius 1 is 1.00 bits per heavy atom. The average Bonchev–Trinajstić information content (AvgIpc) is 2.78. The molecule has 0 saturated heterocycles. The Morgan fingerprint density at radius 2 is 1.63 bits per heavy atom. The number of nitrogens with two attached hydrogens (primary N) is 1. The number of nitrogens with zero attached hydrogens (tertiary/aromatic N) is 2. The highest BCUT2D eigenvalue weighted by atomic mass is 35.5. The van der Waals surface area contributed by atoms with E-state index in [0.29, 0.717) is 27.7 Å². The smallest absolute Gasteiger partial charge is 0.330 e. The highest BCUT2D eigenvalue weighted by molar-refractivity contribution is 6.33. The first-order chi connectivity index (χ1) is 16.4. The van der Waals surface area contributed by atoms with Crippen LogP contribution in [0.1, 0.15) is 41.3 Å². The number of methoxy groups -OCH3 is 1. The molecular weight excluding hydrogens is 468 g/mol. The molecule has 0 fully saturated rings. The van der Waals surface area contributed by atoms with Crippen molar-refractivity contribution < 1.29 is 19.1 Å². The third-order valence-corrected chi connectivity index (χ3v) is 5.81. The van der Waals surface area contributed by atoms with Crippen LogP contribution in [0, 0.1) is 13.8 Å². The molecule has 3 aromatic rings. The van der Waals surface area contributed by atoms with Crippen LogP contribution in [0.2, 0.25) is 5.02 Å². The van der Waals surface area contributed by atoms with Gasteiger partial charge in [-0.15, -0.1) is 0 Å². The second-order valence-electron chi connectivity index (χ2n) is 8.69. The van der Waals surface area contributed by atoms with Crippen LogP contribution in [0.15, 0.2) is 42.5 Å². The van der Waals surface area contributed by atoms with Crippen molar-refractivity contribution in [3.8, 4) is 22.4 Å². The first-order valence-electron chi connectivity index (χ1n) is 10.9. The van der Waals surface area contributed by atoms with Gasteiger partial charge in [0.05, 0.1) is 30.6 Å². The summed E-state index contributed by atoms with van der Waals surface area (Å²) in [6.07, 6.45) is 0.0624. The van der Waals surface area contributed by atoms with E-state index in [1.807, 2.05) is 43.3 Å². The van der Waals surface area contributed by atoms with Crippen LogP contribution in [0.5, 0.6) is 0 Å². The molecule has 0 aliphatic heterocycles. The van der Waals surface area contributed by atoms with Crippen molar-refractivity contribution in [1.82, 2.24) is 15.3 Å². The molecule has 0 aliphatic carbocycles. The molecule has 0 radical (unpaired) electrons. The van der Waals surface area contributed by atoms with Crippen LogP contribution >= 0.6 is 11.6 Å². The summed E-state index contributed by atoms with van der Waals surface area (Å²) >= 11 is 6.53. The molecule has 0 atom stereocenters. The standard InChI is InChI=1S/C26H27ClN4O4/c1-14-22(30-23(24(28)33)15(2)29-14)18-9-7-17(8-10-18)19-11-6-16(12-20(19)27)13-21(32)31-26(3,4)25(34)35-5/h6-12H,13H2,1-5H3,(H2,28,33)(H,31,32). The summed E-state index contributed by atoms with van der Waals surface area (Å²) in [4.78, 5) is 44.6. The number of carbonyl (C=O) groups excluding carboxylic acids is 3. The van der Waals surface area contributed by atoms with Gasteiger partial charge < -0.3 is 15.8 Å². The van der Waals surface area contributed by atoms with E-state index < -0.39 is 17.4 Å². The number of aryl methyl sites for hydroxylation is 2. The van der Waals surface area contributed by atoms with Crippen molar-refractivity contribution in [2.24, 2.45) is 5.73 Å². The Kier molecular flexibility index (Phi) is 7.55. The maximum Gasteiger partial charge on any atom is 0.330 e. The van der Waals surface area contributed by atoms with Gasteiger partial charge in [0.15, 0.2) is 0 Å². The lowest BCUT2D eigenvalue weighted by Gasteiger charge is -2.23. The Morgan fingerprint density at radius 3 is 2.20 bits per heavy atom. The van der Waals surface area contributed by atoms with Crippen molar-refractivity contribution in [1.29, 1.82) is 0 Å². The summed E-state index contributed by atoms with van der Waals surface area (Å²) in [6, 6.07) is 12.9. The number of nitrogens with one attached hydrogen (secondary N) is 1. The van der Waals surface area contributed by atoms with Gasteiger partial charge in [-0.25, -0.2) is 9.78 Å². The first kappa shape index (κ1) is 25.8. The minimum atomic E-state index is -1.13. The number of ether oxygens (including phenoxy) is 1. The van der Waals surface area contributed by atoms with Gasteiger partial charge in [0.2, 0.25) is 5.91 Å². The van der Waals surface area contributed by atoms with E-state index in [-0.39, 0.29) is 18.0 Å². The van der Waals surface area contributed by atoms with Gasteiger partial charge in [0.1, 0.15) is 11.2 Å². The van der Waals surface area contributed by atoms with Gasteiger partial charge in [-0.05, 0) is 44.9 Å². The van der Waals surface area contributed by atoms with Crippen LogP contribution < -0.4 is 11.1 Å². The number of hydrogen-bond acceptors (Lipinski definition) is 6. The molecule has 3 rings (SSSR count). The zero-order valence-electron chi connectivity index (χ0n) is 20.2. The summed E-state index contributed by atoms with van der Waals surface area (Å²) < 4.78 is 4.71. The van der Waals surface area contributed by atoms with E-state index in [9.17, 15) is 14.4 Å². The number of amides is 2. The molecule has 1 aromatic heterocycles. The Labute approximate surface area is 208 Å². The number of rotatable bonds is 7. The molecule has 0 bridgehead atoms. The van der Waals surface area contributed by atoms with Crippen molar-refractivity contribution >= 4 is 29.4 Å². The van der Waals surface area contributed by atoms with E-state index >= 15 is 0 Å². The van der Waals surface area contributed by atoms with Crippen LogP contribution in [0.3, 0.4) is 0 Å². The molecule has 35 heavy (non-hydrogen) atoms. The number of hydrogen-bond donors (Lipinski definition) is 2. The molecule has 2 aromatic carbocycles. The lowest BCUT2D eigenvalue weighted by molar-refractivity contribution is -0.149. The van der Waals surface area contributed by atoms with Gasteiger partial charge in [0, 0.05) is 16.1 Å². The fourth-order valence-electron chi connectivity index (χ4n) is 3.73. The van der Waals surface area contributed by atoms with E-state index in [0.717, 1.165) is 16.7 Å². The van der Waals surface area contributed by atoms with Crippen molar-refractivity contribution in [3.63, 3.8) is 0 Å². The number of benzene rings is 2. The fourth-order valence-corrected chi connectivity index (χ4v) is 4.04. The second-order valence-corrected chi connectivity index (χ2v) is 9.10. The van der Waals surface area contributed by atoms with Crippen molar-refractivity contribution in [2.45, 2.75) is 39.7 Å². The van der Waals surface area contributed by atoms with Crippen LogP contribution in [0.25, 0.3) is 22.4 Å². The summed E-state index contributed by atoms with van der Waals surface area (Å²) in [7, 11) is 1.27. The molecule has 0 unspecified atom stereocenters. The highest BCUT2D eigenvalue weighted by Gasteiger charge is 2.30. The van der Waals surface area contributed by atoms with Gasteiger partial charge in [-0.2, -0.15) is 0 Å². The third kappa shape index (κ3) is 5.84. The lowest BCUT2D eigenvalue weighted by atomic mass is 9.99. The molecule has 0 spiro atoms. The number of aromatic nitrogens is 2. The summed E-state index contributed by atoms with van der Waals surface area (Å²) in [5.74, 6) is -1.47. The molecule has 0 aliphatic rings. The summed E-state index contributed by atoms with van der Waals surface area (Å²) in [5, 5.41) is 3.15. The molecule has 0 saturated carbocycles. The Hall–Kier alpha value is -3.78. The maximum atomic E-state index is 12.4. The molecule has 9 heteroatoms. The number of primary amides is 1. The first-order valence-corrected chi connectivity index (χ1v) is 11.2. The fraction of sp³-hybridized carbons (Fsp3) is 0.269. The molecule has 1 heterocycles. The maximum absolute atomic E-state index is 12.4. The monoisotopic (exact) mass is 494 g/mol. The third-order valence-electron chi connectivity index (χ3n) is 5.49. The Bertz CT molecular complexity index is 1300. The van der Waals surface area contributed by atoms with Crippen molar-refractivity contribution in [2.75, 3.05) is 7.11 Å². The SMILES string of the molecule is COC(=O)C(C)(C)NC(=O)Cc1ccc(-c2ccc(-c3nc(C(N)=O)c(C)nc3C)cc2)c(Cl)c1. The molecular formula is C26H27ClN4O4. The Balaban J connectivity index is 1.80. The topological polar surface area (TPSA) is 124 Å². The predicted octanol–water partition coefficient (Wildman–Crippen LogP) is 3.79. The van der Waals surface area contributed by atoms with E-state index in [1.54, 1.807) is 26.8 Å². The minimum Gasteiger partial charge on any atom is -0.467 e. The lowest BCUT2D eigenvalue weighted by Crippen LogP contribution is -2.50. The van der Waals surface area contributed by atoms with Gasteiger partial charge in [0.25, 0.3) is 5.91 Å². The summed E-state index contributed by atoms with van der Waals surface area (Å²) in [6.45, 7) is 6.68. The van der Waals surface area contributed by atoms with Crippen LogP contribution in [0.4, 0.5) is 0 Å². The normalized spacial score (nSPS) is 11.1. The quantitative estimate of drug-likeness (QED) is 0.481. The minimum absolute atomic E-state index is 0.0624. The number of esters is 1. The zero-order valence-corrected chi connectivity index (χ0v) is 21.0. The number of halogens is 1. The molecule has 182 valence electrons. The molecule has 8 nitrogen and oxygen atoms in total. The van der Waals surface area contributed by atoms with E-state index in [4.69, 9.17) is 22.1 Å². The van der Waals surface area contributed by atoms with E-state index in [2.05, 4.69) is 15.3 Å². The van der Waals surface area contributed by atoms with Gasteiger partial charge in [-0.3, -0.25) is 14.6 Å². The van der Waals surface area contributed by atoms with Crippen molar-refractivity contribution in [3.05, 3.63) is 70.1 Å². The second kappa shape index (κ2) is 10.2. The van der Waals surface area contributed by atoms with Gasteiger partial charge >= 0.3 is 5.97 Å². The number of carbonyl (C=O) groups is 3. The summed E-state index contributed by atoms with van der Waals surface area (Å²) in [5.41, 5.74) is 9.36. The highest BCUT2D eigenvalue weighted by Crippen LogP contribution is 2.31.